The van der Waals surface area contributed by atoms with Gasteiger partial charge in [0, 0.05) is 11.5 Å². The molecule has 18 heavy (non-hydrogen) atoms. The molecule has 2 N–H and O–H groups in total. The molecule has 0 spiro atoms. The smallest absolute Gasteiger partial charge is 0.221 e. The van der Waals surface area contributed by atoms with Gasteiger partial charge in [-0.25, -0.2) is 0 Å². The van der Waals surface area contributed by atoms with Crippen molar-refractivity contribution in [3.63, 3.8) is 0 Å². The maximum Gasteiger partial charge on any atom is 0.221 e. The second-order valence-corrected chi connectivity index (χ2v) is 5.52. The largest absolute Gasteiger partial charge is 0.369 e. The summed E-state index contributed by atoms with van der Waals surface area (Å²) in [5, 5.41) is 0. The highest BCUT2D eigenvalue weighted by Gasteiger charge is 2.52. The highest BCUT2D eigenvalue weighted by molar-refractivity contribution is 6.01. The highest BCUT2D eigenvalue weighted by Crippen LogP contribution is 2.53. The van der Waals surface area contributed by atoms with Crippen molar-refractivity contribution in [3.8, 4) is 0 Å². The fourth-order valence-corrected chi connectivity index (χ4v) is 3.87. The van der Waals surface area contributed by atoms with Crippen LogP contribution >= 0.6 is 0 Å². The summed E-state index contributed by atoms with van der Waals surface area (Å²) in [6.07, 6.45) is 3.12. The Balaban J connectivity index is 1.91. The van der Waals surface area contributed by atoms with Crippen LogP contribution in [0.2, 0.25) is 0 Å². The summed E-state index contributed by atoms with van der Waals surface area (Å²) in [6.45, 7) is 0. The van der Waals surface area contributed by atoms with Gasteiger partial charge in [-0.1, -0.05) is 30.3 Å². The summed E-state index contributed by atoms with van der Waals surface area (Å²) >= 11 is 0. The van der Waals surface area contributed by atoms with Crippen LogP contribution in [-0.2, 0) is 4.79 Å². The Hall–Kier alpha value is -1.64. The van der Waals surface area contributed by atoms with Gasteiger partial charge in [-0.15, -0.1) is 0 Å². The fraction of sp³-hybridized carbons (Fsp3) is 0.467. The second-order valence-electron chi connectivity index (χ2n) is 5.52. The van der Waals surface area contributed by atoms with Crippen molar-refractivity contribution < 1.29 is 9.59 Å². The molecule has 0 heterocycles. The van der Waals surface area contributed by atoms with Gasteiger partial charge < -0.3 is 5.73 Å². The third kappa shape index (κ3) is 1.65. The summed E-state index contributed by atoms with van der Waals surface area (Å²) in [5.41, 5.74) is 6.21. The summed E-state index contributed by atoms with van der Waals surface area (Å²) in [5.74, 6) is 0.0913. The van der Waals surface area contributed by atoms with Crippen LogP contribution in [0.4, 0.5) is 0 Å². The Bertz CT molecular complexity index is 483. The SMILES string of the molecule is NC(=O)[C@H]1[C@@H]2CC[C@H](C2)[C@@H]1C(=O)c1ccccc1. The third-order valence-electron chi connectivity index (χ3n) is 4.61. The Morgan fingerprint density at radius 3 is 2.22 bits per heavy atom. The van der Waals surface area contributed by atoms with Crippen LogP contribution in [0, 0.1) is 23.7 Å². The fourth-order valence-electron chi connectivity index (χ4n) is 3.87. The molecule has 1 amide bonds. The Morgan fingerprint density at radius 2 is 1.61 bits per heavy atom. The molecule has 1 aromatic carbocycles. The molecule has 0 aromatic heterocycles. The van der Waals surface area contributed by atoms with E-state index >= 15 is 0 Å². The van der Waals surface area contributed by atoms with E-state index in [9.17, 15) is 9.59 Å². The predicted octanol–water partition coefficient (Wildman–Crippen LogP) is 2.02. The molecule has 4 atom stereocenters. The standard InChI is InChI=1S/C15H17NO2/c16-15(18)13-11-7-6-10(8-11)12(13)14(17)9-4-2-1-3-5-9/h1-5,10-13H,6-8H2,(H2,16,18)/t10-,11-,12+,13+/m1/s1. The normalized spacial score (nSPS) is 33.6. The zero-order valence-corrected chi connectivity index (χ0v) is 10.2. The number of hydrogen-bond donors (Lipinski definition) is 1. The number of carbonyl (C=O) groups is 2. The summed E-state index contributed by atoms with van der Waals surface area (Å²) in [4.78, 5) is 24.2. The number of amides is 1. The van der Waals surface area contributed by atoms with Gasteiger partial charge in [0.05, 0.1) is 5.92 Å². The molecule has 0 saturated heterocycles. The van der Waals surface area contributed by atoms with E-state index in [0.717, 1.165) is 19.3 Å². The molecule has 2 aliphatic carbocycles. The van der Waals surface area contributed by atoms with Crippen LogP contribution in [0.5, 0.6) is 0 Å². The van der Waals surface area contributed by atoms with Crippen LogP contribution < -0.4 is 5.73 Å². The van der Waals surface area contributed by atoms with E-state index in [2.05, 4.69) is 0 Å². The van der Waals surface area contributed by atoms with Crippen LogP contribution in [-0.4, -0.2) is 11.7 Å². The minimum absolute atomic E-state index is 0.103. The molecule has 94 valence electrons. The first kappa shape index (κ1) is 11.5. The second kappa shape index (κ2) is 4.23. The lowest BCUT2D eigenvalue weighted by atomic mass is 9.75. The molecule has 0 radical (unpaired) electrons. The number of hydrogen-bond acceptors (Lipinski definition) is 2. The summed E-state index contributed by atoms with van der Waals surface area (Å²) in [6, 6.07) is 9.27. The molecule has 3 nitrogen and oxygen atoms in total. The van der Waals surface area contributed by atoms with Gasteiger partial charge in [-0.3, -0.25) is 9.59 Å². The van der Waals surface area contributed by atoms with Gasteiger partial charge in [0.1, 0.15) is 0 Å². The average molecular weight is 243 g/mol. The third-order valence-corrected chi connectivity index (χ3v) is 4.61. The van der Waals surface area contributed by atoms with Crippen LogP contribution in [0.25, 0.3) is 0 Å². The highest BCUT2D eigenvalue weighted by atomic mass is 16.1. The van der Waals surface area contributed by atoms with Crippen molar-refractivity contribution in [2.75, 3.05) is 0 Å². The zero-order valence-electron chi connectivity index (χ0n) is 10.2. The van der Waals surface area contributed by atoms with Crippen molar-refractivity contribution >= 4 is 11.7 Å². The first-order chi connectivity index (χ1) is 8.68. The van der Waals surface area contributed by atoms with E-state index in [1.54, 1.807) is 0 Å². The van der Waals surface area contributed by atoms with Gasteiger partial charge >= 0.3 is 0 Å². The van der Waals surface area contributed by atoms with Gasteiger partial charge in [0.25, 0.3) is 0 Å². The number of fused-ring (bicyclic) bond motifs is 2. The first-order valence-corrected chi connectivity index (χ1v) is 6.57. The van der Waals surface area contributed by atoms with E-state index in [4.69, 9.17) is 5.73 Å². The van der Waals surface area contributed by atoms with E-state index < -0.39 is 0 Å². The van der Waals surface area contributed by atoms with Crippen LogP contribution in [0.1, 0.15) is 29.6 Å². The topological polar surface area (TPSA) is 60.2 Å². The number of carbonyl (C=O) groups excluding carboxylic acids is 2. The molecule has 0 aliphatic heterocycles. The lowest BCUT2D eigenvalue weighted by molar-refractivity contribution is -0.124. The number of nitrogens with two attached hydrogens (primary N) is 1. The van der Waals surface area contributed by atoms with Crippen molar-refractivity contribution in [1.82, 2.24) is 0 Å². The molecule has 3 rings (SSSR count). The number of ketones is 1. The van der Waals surface area contributed by atoms with Crippen molar-refractivity contribution in [2.45, 2.75) is 19.3 Å². The molecule has 2 saturated carbocycles. The number of benzene rings is 1. The van der Waals surface area contributed by atoms with E-state index in [-0.39, 0.29) is 23.5 Å². The predicted molar refractivity (Wildman–Crippen MR) is 67.8 cm³/mol. The first-order valence-electron chi connectivity index (χ1n) is 6.57. The summed E-state index contributed by atoms with van der Waals surface area (Å²) < 4.78 is 0. The number of Topliss-reactive ketones (excluding diaryl/α,β-unsaturated/α-hetero) is 1. The Morgan fingerprint density at radius 1 is 1.00 bits per heavy atom. The van der Waals surface area contributed by atoms with E-state index in [0.29, 0.717) is 17.4 Å². The molecular formula is C15H17NO2. The van der Waals surface area contributed by atoms with Crippen LogP contribution in [0.15, 0.2) is 30.3 Å². The van der Waals surface area contributed by atoms with Crippen molar-refractivity contribution in [2.24, 2.45) is 29.4 Å². The molecule has 2 bridgehead atoms. The Kier molecular flexibility index (Phi) is 2.69. The maximum atomic E-state index is 12.5. The number of rotatable bonds is 3. The van der Waals surface area contributed by atoms with Crippen LogP contribution in [0.3, 0.4) is 0 Å². The van der Waals surface area contributed by atoms with Crippen molar-refractivity contribution in [1.29, 1.82) is 0 Å². The lowest BCUT2D eigenvalue weighted by Gasteiger charge is -2.27. The zero-order chi connectivity index (χ0) is 12.7. The van der Waals surface area contributed by atoms with Crippen molar-refractivity contribution in [3.05, 3.63) is 35.9 Å². The summed E-state index contributed by atoms with van der Waals surface area (Å²) in [7, 11) is 0. The maximum absolute atomic E-state index is 12.5. The number of primary amides is 1. The average Bonchev–Trinajstić information content (AvgIpc) is 2.99. The minimum atomic E-state index is -0.295. The van der Waals surface area contributed by atoms with Gasteiger partial charge in [-0.05, 0) is 31.1 Å². The lowest BCUT2D eigenvalue weighted by Crippen LogP contribution is -2.38. The van der Waals surface area contributed by atoms with Gasteiger partial charge in [0.15, 0.2) is 5.78 Å². The van der Waals surface area contributed by atoms with E-state index in [1.165, 1.54) is 0 Å². The minimum Gasteiger partial charge on any atom is -0.369 e. The van der Waals surface area contributed by atoms with E-state index in [1.807, 2.05) is 30.3 Å². The quantitative estimate of drug-likeness (QED) is 0.825. The molecular weight excluding hydrogens is 226 g/mol. The molecule has 2 fully saturated rings. The molecule has 0 unspecified atom stereocenters. The van der Waals surface area contributed by atoms with Gasteiger partial charge in [-0.2, -0.15) is 0 Å². The molecule has 2 aliphatic rings. The molecule has 1 aromatic rings. The molecule has 3 heteroatoms. The van der Waals surface area contributed by atoms with Gasteiger partial charge in [0.2, 0.25) is 5.91 Å². The monoisotopic (exact) mass is 243 g/mol. The Labute approximate surface area is 106 Å².